The molecule has 0 saturated carbocycles. The molecule has 0 aromatic heterocycles. The van der Waals surface area contributed by atoms with Gasteiger partial charge < -0.3 is 10.2 Å². The number of anilines is 1. The van der Waals surface area contributed by atoms with E-state index in [1.165, 1.54) is 23.1 Å². The Bertz CT molecular complexity index is 1450. The number of aryl methyl sites for hydroxylation is 2. The van der Waals surface area contributed by atoms with E-state index < -0.39 is 34.1 Å². The maximum absolute atomic E-state index is 14.1. The summed E-state index contributed by atoms with van der Waals surface area (Å²) in [5.41, 5.74) is 2.50. The second-order valence-corrected chi connectivity index (χ2v) is 13.3. The normalized spacial score (nSPS) is 12.5. The lowest BCUT2D eigenvalue weighted by molar-refractivity contribution is -0.141. The lowest BCUT2D eigenvalue weighted by Crippen LogP contribution is -2.55. The topological polar surface area (TPSA) is 86.8 Å². The molecule has 1 N–H and O–H groups in total. The maximum Gasteiger partial charge on any atom is 0.264 e. The van der Waals surface area contributed by atoms with E-state index in [1.807, 2.05) is 65.8 Å². The zero-order valence-electron chi connectivity index (χ0n) is 23.9. The fraction of sp³-hybridized carbons (Fsp3) is 0.355. The molecule has 9 heteroatoms. The van der Waals surface area contributed by atoms with Crippen molar-refractivity contribution < 1.29 is 18.0 Å². The first-order chi connectivity index (χ1) is 18.7. The van der Waals surface area contributed by atoms with Crippen molar-refractivity contribution in [1.82, 2.24) is 10.2 Å². The Morgan fingerprint density at radius 1 is 0.925 bits per heavy atom. The zero-order chi connectivity index (χ0) is 29.7. The van der Waals surface area contributed by atoms with Gasteiger partial charge in [-0.15, -0.1) is 0 Å². The van der Waals surface area contributed by atoms with Crippen LogP contribution in [0.5, 0.6) is 0 Å². The lowest BCUT2D eigenvalue weighted by atomic mass is 10.0. The van der Waals surface area contributed by atoms with E-state index in [2.05, 4.69) is 5.32 Å². The smallest absolute Gasteiger partial charge is 0.264 e. The second-order valence-electron chi connectivity index (χ2n) is 11.0. The number of halogens is 1. The molecule has 0 fully saturated rings. The number of hydrogen-bond donors (Lipinski definition) is 1. The van der Waals surface area contributed by atoms with Gasteiger partial charge in [-0.25, -0.2) is 8.42 Å². The Labute approximate surface area is 243 Å². The van der Waals surface area contributed by atoms with Gasteiger partial charge in [0.2, 0.25) is 11.8 Å². The summed E-state index contributed by atoms with van der Waals surface area (Å²) in [5, 5.41) is 3.31. The summed E-state index contributed by atoms with van der Waals surface area (Å²) in [6, 6.07) is 19.7. The van der Waals surface area contributed by atoms with Crippen LogP contribution in [0, 0.1) is 13.8 Å². The number of nitrogens with zero attached hydrogens (tertiary/aromatic N) is 2. The third-order valence-corrected chi connectivity index (χ3v) is 8.33. The third-order valence-electron chi connectivity index (χ3n) is 6.30. The molecule has 0 radical (unpaired) electrons. The van der Waals surface area contributed by atoms with Gasteiger partial charge in [-0.2, -0.15) is 0 Å². The Morgan fingerprint density at radius 2 is 1.57 bits per heavy atom. The van der Waals surface area contributed by atoms with Gasteiger partial charge in [0, 0.05) is 17.1 Å². The average Bonchev–Trinajstić information content (AvgIpc) is 2.86. The van der Waals surface area contributed by atoms with Crippen molar-refractivity contribution >= 4 is 39.1 Å². The molecular weight excluding hydrogens is 546 g/mol. The van der Waals surface area contributed by atoms with E-state index in [4.69, 9.17) is 11.6 Å². The Hall–Kier alpha value is -3.36. The molecule has 3 rings (SSSR count). The molecule has 3 aromatic carbocycles. The standard InChI is InChI=1S/C31H38ClN3O4S/c1-7-28(30(37)33-31(4,5)6)34(20-24-11-8-10-23(3)18-24)29(36)21-35(26-13-9-12-25(32)19-26)40(38,39)27-16-14-22(2)15-17-27/h8-19,28H,7,20-21H2,1-6H3,(H,33,37). The average molecular weight is 584 g/mol. The van der Waals surface area contributed by atoms with Gasteiger partial charge in [-0.1, -0.05) is 72.1 Å². The number of carbonyl (C=O) groups excluding carboxylic acids is 2. The number of amides is 2. The molecule has 1 atom stereocenters. The number of sulfonamides is 1. The van der Waals surface area contributed by atoms with Gasteiger partial charge >= 0.3 is 0 Å². The van der Waals surface area contributed by atoms with Gasteiger partial charge in [0.1, 0.15) is 12.6 Å². The number of nitrogens with one attached hydrogen (secondary N) is 1. The van der Waals surface area contributed by atoms with Crippen molar-refractivity contribution in [3.63, 3.8) is 0 Å². The Kier molecular flexibility index (Phi) is 10.0. The highest BCUT2D eigenvalue weighted by Gasteiger charge is 2.34. The molecule has 0 heterocycles. The Morgan fingerprint density at radius 3 is 2.15 bits per heavy atom. The molecule has 0 aliphatic rings. The largest absolute Gasteiger partial charge is 0.350 e. The van der Waals surface area contributed by atoms with E-state index in [1.54, 1.807) is 30.3 Å². The number of rotatable bonds is 10. The van der Waals surface area contributed by atoms with Crippen LogP contribution in [0.4, 0.5) is 5.69 Å². The summed E-state index contributed by atoms with van der Waals surface area (Å²) in [4.78, 5) is 29.0. The summed E-state index contributed by atoms with van der Waals surface area (Å²) in [5.74, 6) is -0.806. The van der Waals surface area contributed by atoms with Crippen LogP contribution < -0.4 is 9.62 Å². The van der Waals surface area contributed by atoms with Crippen LogP contribution in [0.25, 0.3) is 0 Å². The van der Waals surface area contributed by atoms with Crippen LogP contribution in [0.1, 0.15) is 50.8 Å². The summed E-state index contributed by atoms with van der Waals surface area (Å²) in [6.45, 7) is 10.9. The van der Waals surface area contributed by atoms with Crippen LogP contribution in [-0.4, -0.2) is 43.3 Å². The molecule has 2 amide bonds. The van der Waals surface area contributed by atoms with E-state index in [9.17, 15) is 18.0 Å². The van der Waals surface area contributed by atoms with Crippen LogP contribution in [0.2, 0.25) is 5.02 Å². The highest BCUT2D eigenvalue weighted by atomic mass is 35.5. The first kappa shape index (κ1) is 31.2. The first-order valence-corrected chi connectivity index (χ1v) is 15.0. The fourth-order valence-corrected chi connectivity index (χ4v) is 5.97. The number of carbonyl (C=O) groups is 2. The van der Waals surface area contributed by atoms with E-state index in [0.29, 0.717) is 11.4 Å². The van der Waals surface area contributed by atoms with E-state index in [0.717, 1.165) is 21.0 Å². The van der Waals surface area contributed by atoms with Gasteiger partial charge in [-0.3, -0.25) is 13.9 Å². The number of benzene rings is 3. The van der Waals surface area contributed by atoms with Crippen molar-refractivity contribution in [2.24, 2.45) is 0 Å². The molecule has 1 unspecified atom stereocenters. The SMILES string of the molecule is CCC(C(=O)NC(C)(C)C)N(Cc1cccc(C)c1)C(=O)CN(c1cccc(Cl)c1)S(=O)(=O)c1ccc(C)cc1. The molecular formula is C31H38ClN3O4S. The van der Waals surface area contributed by atoms with E-state index in [-0.39, 0.29) is 23.0 Å². The summed E-state index contributed by atoms with van der Waals surface area (Å²) < 4.78 is 28.9. The first-order valence-electron chi connectivity index (χ1n) is 13.2. The molecule has 0 spiro atoms. The van der Waals surface area contributed by atoms with Crippen LogP contribution in [-0.2, 0) is 26.2 Å². The number of hydrogen-bond acceptors (Lipinski definition) is 4. The molecule has 0 aliphatic heterocycles. The highest BCUT2D eigenvalue weighted by molar-refractivity contribution is 7.92. The third kappa shape index (κ3) is 8.08. The summed E-state index contributed by atoms with van der Waals surface area (Å²) >= 11 is 6.23. The molecule has 214 valence electrons. The van der Waals surface area contributed by atoms with E-state index >= 15 is 0 Å². The fourth-order valence-electron chi connectivity index (χ4n) is 4.38. The zero-order valence-corrected chi connectivity index (χ0v) is 25.5. The molecule has 3 aromatic rings. The van der Waals surface area contributed by atoms with Crippen LogP contribution in [0.15, 0.2) is 77.7 Å². The molecule has 0 saturated heterocycles. The van der Waals surface area contributed by atoms with Gasteiger partial charge in [-0.05, 0) is 76.9 Å². The maximum atomic E-state index is 14.1. The molecule has 0 aliphatic carbocycles. The van der Waals surface area contributed by atoms with Gasteiger partial charge in [0.15, 0.2) is 0 Å². The van der Waals surface area contributed by atoms with Crippen molar-refractivity contribution in [2.75, 3.05) is 10.8 Å². The Balaban J connectivity index is 2.08. The monoisotopic (exact) mass is 583 g/mol. The van der Waals surface area contributed by atoms with Gasteiger partial charge in [0.25, 0.3) is 10.0 Å². The second kappa shape index (κ2) is 12.9. The minimum atomic E-state index is -4.15. The summed E-state index contributed by atoms with van der Waals surface area (Å²) in [7, 11) is -4.15. The quantitative estimate of drug-likeness (QED) is 0.323. The minimum Gasteiger partial charge on any atom is -0.350 e. The molecule has 0 bridgehead atoms. The van der Waals surface area contributed by atoms with Crippen molar-refractivity contribution in [3.05, 3.63) is 94.5 Å². The lowest BCUT2D eigenvalue weighted by Gasteiger charge is -2.35. The van der Waals surface area contributed by atoms with Crippen LogP contribution >= 0.6 is 11.6 Å². The van der Waals surface area contributed by atoms with Gasteiger partial charge in [0.05, 0.1) is 10.6 Å². The summed E-state index contributed by atoms with van der Waals surface area (Å²) in [6.07, 6.45) is 0.349. The predicted molar refractivity (Wildman–Crippen MR) is 161 cm³/mol. The molecule has 7 nitrogen and oxygen atoms in total. The highest BCUT2D eigenvalue weighted by Crippen LogP contribution is 2.27. The predicted octanol–water partition coefficient (Wildman–Crippen LogP) is 5.87. The molecule has 40 heavy (non-hydrogen) atoms. The van der Waals surface area contributed by atoms with Crippen molar-refractivity contribution in [3.8, 4) is 0 Å². The van der Waals surface area contributed by atoms with Crippen LogP contribution in [0.3, 0.4) is 0 Å². The van der Waals surface area contributed by atoms with Crippen molar-refractivity contribution in [1.29, 1.82) is 0 Å². The minimum absolute atomic E-state index is 0.0497. The van der Waals surface area contributed by atoms with Crippen molar-refractivity contribution in [2.45, 2.75) is 71.0 Å².